The van der Waals surface area contributed by atoms with Gasteiger partial charge in [0.25, 0.3) is 0 Å². The quantitative estimate of drug-likeness (QED) is 0.188. The molecule has 0 fully saturated rings. The van der Waals surface area contributed by atoms with E-state index in [-0.39, 0.29) is 10.8 Å². The fourth-order valence-corrected chi connectivity index (χ4v) is 6.61. The third-order valence-corrected chi connectivity index (χ3v) is 8.95. The van der Waals surface area contributed by atoms with Gasteiger partial charge in [0, 0.05) is 43.4 Å². The van der Waals surface area contributed by atoms with Gasteiger partial charge in [0.05, 0.1) is 22.4 Å². The zero-order valence-electron chi connectivity index (χ0n) is 24.3. The first-order valence-electron chi connectivity index (χ1n) is 13.9. The van der Waals surface area contributed by atoms with Crippen LogP contribution in [0, 0.1) is 0 Å². The molecule has 0 spiro atoms. The molecule has 3 aromatic heterocycles. The minimum absolute atomic E-state index is 0.0335. The van der Waals surface area contributed by atoms with E-state index in [1.165, 1.54) is 32.9 Å². The molecule has 0 aliphatic rings. The molecule has 0 unspecified atom stereocenters. The van der Waals surface area contributed by atoms with Crippen molar-refractivity contribution in [2.45, 2.75) is 52.4 Å². The van der Waals surface area contributed by atoms with Crippen LogP contribution in [-0.2, 0) is 10.8 Å². The number of fused-ring (bicyclic) bond motifs is 3. The highest BCUT2D eigenvalue weighted by molar-refractivity contribution is 9.11. The second-order valence-electron chi connectivity index (χ2n) is 12.7. The number of rotatable bonds is 3. The maximum absolute atomic E-state index is 4.68. The van der Waals surface area contributed by atoms with Crippen molar-refractivity contribution in [1.29, 1.82) is 0 Å². The van der Waals surface area contributed by atoms with Crippen molar-refractivity contribution in [2.24, 2.45) is 0 Å². The van der Waals surface area contributed by atoms with E-state index in [1.54, 1.807) is 6.20 Å². The van der Waals surface area contributed by atoms with E-state index in [0.29, 0.717) is 0 Å². The Balaban J connectivity index is 1.51. The molecular formula is C36H33Br2N3. The Bertz CT molecular complexity index is 1810. The van der Waals surface area contributed by atoms with Crippen molar-refractivity contribution in [3.05, 3.63) is 111 Å². The zero-order chi connectivity index (χ0) is 29.1. The van der Waals surface area contributed by atoms with Gasteiger partial charge >= 0.3 is 0 Å². The van der Waals surface area contributed by atoms with Crippen LogP contribution in [0.2, 0.25) is 0 Å². The van der Waals surface area contributed by atoms with Crippen LogP contribution >= 0.6 is 31.9 Å². The first-order chi connectivity index (χ1) is 19.4. The summed E-state index contributed by atoms with van der Waals surface area (Å²) in [6, 6.07) is 28.1. The summed E-state index contributed by atoms with van der Waals surface area (Å²) in [5, 5.41) is 2.51. The summed E-state index contributed by atoms with van der Waals surface area (Å²) >= 11 is 7.95. The summed E-state index contributed by atoms with van der Waals surface area (Å²) in [6.45, 7) is 13.6. The van der Waals surface area contributed by atoms with Gasteiger partial charge in [0.15, 0.2) is 0 Å². The third-order valence-electron chi connectivity index (χ3n) is 7.75. The molecule has 0 aliphatic carbocycles. The average molecular weight is 667 g/mol. The van der Waals surface area contributed by atoms with Gasteiger partial charge < -0.3 is 4.57 Å². The van der Waals surface area contributed by atoms with Crippen LogP contribution in [0.3, 0.4) is 0 Å². The molecule has 0 atom stereocenters. The summed E-state index contributed by atoms with van der Waals surface area (Å²) in [6.07, 6.45) is 3.72. The highest BCUT2D eigenvalue weighted by Gasteiger charge is 2.24. The maximum atomic E-state index is 4.68. The smallest absolute Gasteiger partial charge is 0.0886 e. The van der Waals surface area contributed by atoms with Crippen molar-refractivity contribution in [2.75, 3.05) is 0 Å². The van der Waals surface area contributed by atoms with E-state index < -0.39 is 0 Å². The van der Waals surface area contributed by atoms with Crippen LogP contribution in [0.5, 0.6) is 0 Å². The molecule has 0 bridgehead atoms. The van der Waals surface area contributed by atoms with Gasteiger partial charge in [-0.25, -0.2) is 0 Å². The molecule has 3 nitrogen and oxygen atoms in total. The van der Waals surface area contributed by atoms with Crippen LogP contribution in [0.25, 0.3) is 50.0 Å². The fourth-order valence-electron chi connectivity index (χ4n) is 5.33. The van der Waals surface area contributed by atoms with Crippen molar-refractivity contribution >= 4 is 53.7 Å². The lowest BCUT2D eigenvalue weighted by Gasteiger charge is -2.20. The van der Waals surface area contributed by atoms with E-state index in [1.807, 2.05) is 30.5 Å². The molecule has 0 saturated carbocycles. The molecule has 5 heteroatoms. The second-order valence-corrected chi connectivity index (χ2v) is 14.4. The molecule has 0 amide bonds. The highest BCUT2D eigenvalue weighted by atomic mass is 79.9. The predicted molar refractivity (Wildman–Crippen MR) is 180 cm³/mol. The Kier molecular flexibility index (Phi) is 6.94. The molecule has 0 saturated heterocycles. The van der Waals surface area contributed by atoms with E-state index in [9.17, 15) is 0 Å². The molecular weight excluding hydrogens is 634 g/mol. The third kappa shape index (κ3) is 5.15. The van der Waals surface area contributed by atoms with Gasteiger partial charge in [0.2, 0.25) is 0 Å². The number of hydrogen-bond acceptors (Lipinski definition) is 2. The number of halogens is 2. The molecule has 6 rings (SSSR count). The van der Waals surface area contributed by atoms with Crippen molar-refractivity contribution < 1.29 is 0 Å². The maximum Gasteiger partial charge on any atom is 0.0886 e. The normalized spacial score (nSPS) is 12.4. The summed E-state index contributed by atoms with van der Waals surface area (Å²) in [4.78, 5) is 9.10. The monoisotopic (exact) mass is 665 g/mol. The summed E-state index contributed by atoms with van der Waals surface area (Å²) < 4.78 is 4.57. The van der Waals surface area contributed by atoms with Crippen LogP contribution < -0.4 is 0 Å². The minimum Gasteiger partial charge on any atom is -0.307 e. The number of aromatic nitrogens is 3. The van der Waals surface area contributed by atoms with Gasteiger partial charge in [-0.2, -0.15) is 0 Å². The lowest BCUT2D eigenvalue weighted by molar-refractivity contribution is 0.590. The van der Waals surface area contributed by atoms with Crippen LogP contribution in [0.1, 0.15) is 52.7 Å². The summed E-state index contributed by atoms with van der Waals surface area (Å²) in [7, 11) is 0. The predicted octanol–water partition coefficient (Wildman–Crippen LogP) is 11.0. The zero-order valence-corrected chi connectivity index (χ0v) is 27.4. The first-order valence-corrected chi connectivity index (χ1v) is 15.5. The van der Waals surface area contributed by atoms with Gasteiger partial charge in [0.1, 0.15) is 0 Å². The Hall–Kier alpha value is -3.28. The standard InChI is InChI=1S/C36H33Br2N3/c1-35(2,3)24-17-27-28-18-25(36(4,5)6)20-30(38)34(28)41(33(27)29(37)19-24)26-13-10-22(11-14-26)23-12-15-32(40-21-23)31-9-7-8-16-39-31/h7-21H,1-6H3. The molecule has 206 valence electrons. The Morgan fingerprint density at radius 3 is 1.59 bits per heavy atom. The van der Waals surface area contributed by atoms with Gasteiger partial charge in [-0.3, -0.25) is 9.97 Å². The van der Waals surface area contributed by atoms with Crippen LogP contribution in [-0.4, -0.2) is 14.5 Å². The van der Waals surface area contributed by atoms with E-state index in [4.69, 9.17) is 0 Å². The van der Waals surface area contributed by atoms with E-state index in [2.05, 4.69) is 143 Å². The average Bonchev–Trinajstić information content (AvgIpc) is 3.28. The SMILES string of the molecule is CC(C)(C)c1cc(Br)c2c(c1)c1cc(C(C)(C)C)cc(Br)c1n2-c1ccc(-c2ccc(-c3ccccn3)nc2)cc1. The largest absolute Gasteiger partial charge is 0.307 e. The number of benzene rings is 3. The molecule has 3 heterocycles. The minimum atomic E-state index is 0.0335. The molecule has 6 aromatic rings. The van der Waals surface area contributed by atoms with Crippen molar-refractivity contribution in [3.8, 4) is 28.2 Å². The molecule has 0 radical (unpaired) electrons. The van der Waals surface area contributed by atoms with E-state index >= 15 is 0 Å². The fraction of sp³-hybridized carbons (Fsp3) is 0.222. The number of pyridine rings is 2. The molecule has 3 aromatic carbocycles. The Labute approximate surface area is 258 Å². The van der Waals surface area contributed by atoms with E-state index in [0.717, 1.165) is 37.1 Å². The van der Waals surface area contributed by atoms with Gasteiger partial charge in [-0.05, 0) is 114 Å². The van der Waals surface area contributed by atoms with Gasteiger partial charge in [-0.1, -0.05) is 65.8 Å². The topological polar surface area (TPSA) is 30.7 Å². The van der Waals surface area contributed by atoms with Crippen molar-refractivity contribution in [1.82, 2.24) is 14.5 Å². The summed E-state index contributed by atoms with van der Waals surface area (Å²) in [5.74, 6) is 0. The van der Waals surface area contributed by atoms with Crippen LogP contribution in [0.4, 0.5) is 0 Å². The highest BCUT2D eigenvalue weighted by Crippen LogP contribution is 2.43. The van der Waals surface area contributed by atoms with Crippen molar-refractivity contribution in [3.63, 3.8) is 0 Å². The Morgan fingerprint density at radius 1 is 0.585 bits per heavy atom. The molecule has 41 heavy (non-hydrogen) atoms. The lowest BCUT2D eigenvalue weighted by atomic mass is 9.85. The van der Waals surface area contributed by atoms with Gasteiger partial charge in [-0.15, -0.1) is 0 Å². The second kappa shape index (κ2) is 10.2. The molecule has 0 N–H and O–H groups in total. The Morgan fingerprint density at radius 2 is 1.12 bits per heavy atom. The lowest BCUT2D eigenvalue weighted by Crippen LogP contribution is -2.11. The summed E-state index contributed by atoms with van der Waals surface area (Å²) in [5.41, 5.74) is 10.1. The molecule has 0 aliphatic heterocycles. The first kappa shape index (κ1) is 27.9. The number of hydrogen-bond donors (Lipinski definition) is 0. The number of nitrogens with zero attached hydrogens (tertiary/aromatic N) is 3. The van der Waals surface area contributed by atoms with Crippen LogP contribution in [0.15, 0.2) is 100 Å².